The molecule has 5 heteroatoms. The van der Waals surface area contributed by atoms with Gasteiger partial charge in [-0.2, -0.15) is 0 Å². The molecule has 1 aromatic carbocycles. The van der Waals surface area contributed by atoms with Crippen LogP contribution in [-0.2, 0) is 11.3 Å². The van der Waals surface area contributed by atoms with Gasteiger partial charge in [-0.25, -0.2) is 4.79 Å². The summed E-state index contributed by atoms with van der Waals surface area (Å²) in [5.41, 5.74) is 6.48. The lowest BCUT2D eigenvalue weighted by atomic mass is 10.2. The van der Waals surface area contributed by atoms with Crippen LogP contribution in [0.2, 0.25) is 4.34 Å². The molecule has 0 saturated carbocycles. The molecule has 0 aliphatic carbocycles. The Balaban J connectivity index is 2.01. The van der Waals surface area contributed by atoms with Crippen molar-refractivity contribution in [2.75, 3.05) is 5.73 Å². The van der Waals surface area contributed by atoms with Crippen molar-refractivity contribution in [1.29, 1.82) is 0 Å². The van der Waals surface area contributed by atoms with Gasteiger partial charge in [0, 0.05) is 10.6 Å². The van der Waals surface area contributed by atoms with Gasteiger partial charge >= 0.3 is 5.97 Å². The molecule has 3 nitrogen and oxygen atoms in total. The zero-order valence-corrected chi connectivity index (χ0v) is 10.4. The minimum atomic E-state index is -0.423. The van der Waals surface area contributed by atoms with Crippen LogP contribution in [0, 0.1) is 0 Å². The first kappa shape index (κ1) is 12.0. The summed E-state index contributed by atoms with van der Waals surface area (Å²) in [4.78, 5) is 12.6. The maximum absolute atomic E-state index is 11.7. The monoisotopic (exact) mass is 267 g/mol. The molecule has 0 amide bonds. The second kappa shape index (κ2) is 5.21. The first-order valence-corrected chi connectivity index (χ1v) is 6.12. The first-order chi connectivity index (χ1) is 8.16. The Morgan fingerprint density at radius 3 is 2.71 bits per heavy atom. The lowest BCUT2D eigenvalue weighted by Gasteiger charge is -2.05. The normalized spacial score (nSPS) is 10.2. The van der Waals surface area contributed by atoms with Gasteiger partial charge < -0.3 is 10.5 Å². The van der Waals surface area contributed by atoms with Crippen molar-refractivity contribution in [3.05, 3.63) is 51.2 Å². The third kappa shape index (κ3) is 2.99. The number of halogens is 1. The largest absolute Gasteiger partial charge is 0.456 e. The highest BCUT2D eigenvalue weighted by Crippen LogP contribution is 2.22. The van der Waals surface area contributed by atoms with Crippen LogP contribution in [0.4, 0.5) is 5.69 Å². The second-order valence-electron chi connectivity index (χ2n) is 3.37. The summed E-state index contributed by atoms with van der Waals surface area (Å²) in [5.74, 6) is -0.423. The van der Waals surface area contributed by atoms with Crippen molar-refractivity contribution in [3.8, 4) is 0 Å². The summed E-state index contributed by atoms with van der Waals surface area (Å²) < 4.78 is 5.82. The van der Waals surface area contributed by atoms with Gasteiger partial charge in [0.15, 0.2) is 0 Å². The second-order valence-corrected chi connectivity index (χ2v) is 5.17. The molecule has 2 aromatic rings. The number of carbonyl (C=O) groups excluding carboxylic acids is 1. The van der Waals surface area contributed by atoms with Gasteiger partial charge in [0.1, 0.15) is 6.61 Å². The van der Waals surface area contributed by atoms with E-state index in [0.29, 0.717) is 15.6 Å². The van der Waals surface area contributed by atoms with Gasteiger partial charge in [0.2, 0.25) is 0 Å². The minimum Gasteiger partial charge on any atom is -0.456 e. The number of anilines is 1. The molecule has 17 heavy (non-hydrogen) atoms. The smallest absolute Gasteiger partial charge is 0.340 e. The zero-order valence-electron chi connectivity index (χ0n) is 8.85. The summed E-state index contributed by atoms with van der Waals surface area (Å²) >= 11 is 7.16. The Morgan fingerprint density at radius 1 is 1.29 bits per heavy atom. The standard InChI is InChI=1S/C12H10ClNO2S/c13-11-6-5-8(17-11)7-16-12(15)9-3-1-2-4-10(9)14/h1-6H,7,14H2. The quantitative estimate of drug-likeness (QED) is 0.685. The van der Waals surface area contributed by atoms with Crippen LogP contribution in [0.25, 0.3) is 0 Å². The fraction of sp³-hybridized carbons (Fsp3) is 0.0833. The summed E-state index contributed by atoms with van der Waals surface area (Å²) in [6.45, 7) is 0.213. The number of hydrogen-bond donors (Lipinski definition) is 1. The number of rotatable bonds is 3. The predicted molar refractivity (Wildman–Crippen MR) is 69.3 cm³/mol. The third-order valence-corrected chi connectivity index (χ3v) is 3.36. The Bertz CT molecular complexity index is 539. The Kier molecular flexibility index (Phi) is 3.66. The number of nitrogens with two attached hydrogens (primary N) is 1. The Morgan fingerprint density at radius 2 is 2.06 bits per heavy atom. The SMILES string of the molecule is Nc1ccccc1C(=O)OCc1ccc(Cl)s1. The molecule has 1 heterocycles. The number of nitrogen functional groups attached to an aromatic ring is 1. The van der Waals surface area contributed by atoms with Crippen LogP contribution in [0.5, 0.6) is 0 Å². The lowest BCUT2D eigenvalue weighted by Crippen LogP contribution is -2.07. The fourth-order valence-corrected chi connectivity index (χ4v) is 2.33. The van der Waals surface area contributed by atoms with E-state index >= 15 is 0 Å². The van der Waals surface area contributed by atoms with Gasteiger partial charge in [-0.3, -0.25) is 0 Å². The predicted octanol–water partition coefficient (Wildman–Crippen LogP) is 3.34. The molecule has 0 aliphatic rings. The summed E-state index contributed by atoms with van der Waals surface area (Å²) in [6, 6.07) is 10.4. The molecule has 0 radical (unpaired) electrons. The fourth-order valence-electron chi connectivity index (χ4n) is 1.33. The molecule has 2 N–H and O–H groups in total. The number of esters is 1. The van der Waals surface area contributed by atoms with E-state index in [1.165, 1.54) is 11.3 Å². The summed E-state index contributed by atoms with van der Waals surface area (Å²) in [7, 11) is 0. The van der Waals surface area contributed by atoms with Crippen LogP contribution in [0.1, 0.15) is 15.2 Å². The van der Waals surface area contributed by atoms with Crippen molar-refractivity contribution in [2.24, 2.45) is 0 Å². The van der Waals surface area contributed by atoms with Crippen molar-refractivity contribution < 1.29 is 9.53 Å². The van der Waals surface area contributed by atoms with Crippen molar-refractivity contribution in [1.82, 2.24) is 0 Å². The molecule has 0 atom stereocenters. The van der Waals surface area contributed by atoms with Gasteiger partial charge in [0.25, 0.3) is 0 Å². The zero-order chi connectivity index (χ0) is 12.3. The van der Waals surface area contributed by atoms with Crippen LogP contribution in [-0.4, -0.2) is 5.97 Å². The Hall–Kier alpha value is -1.52. The molecule has 0 aliphatic heterocycles. The molecule has 0 spiro atoms. The Labute approximate surface area is 108 Å². The molecular weight excluding hydrogens is 258 g/mol. The maximum Gasteiger partial charge on any atom is 0.340 e. The average Bonchev–Trinajstić information content (AvgIpc) is 2.73. The van der Waals surface area contributed by atoms with E-state index in [9.17, 15) is 4.79 Å². The van der Waals surface area contributed by atoms with E-state index < -0.39 is 5.97 Å². The summed E-state index contributed by atoms with van der Waals surface area (Å²) in [5, 5.41) is 0. The highest BCUT2D eigenvalue weighted by molar-refractivity contribution is 7.16. The average molecular weight is 268 g/mol. The van der Waals surface area contributed by atoms with E-state index in [0.717, 1.165) is 4.88 Å². The van der Waals surface area contributed by atoms with Crippen LogP contribution in [0.15, 0.2) is 36.4 Å². The van der Waals surface area contributed by atoms with E-state index in [1.54, 1.807) is 30.3 Å². The summed E-state index contributed by atoms with van der Waals surface area (Å²) in [6.07, 6.45) is 0. The van der Waals surface area contributed by atoms with Crippen LogP contribution < -0.4 is 5.73 Å². The van der Waals surface area contributed by atoms with Crippen LogP contribution >= 0.6 is 22.9 Å². The minimum absolute atomic E-state index is 0.213. The molecule has 0 unspecified atom stereocenters. The highest BCUT2D eigenvalue weighted by atomic mass is 35.5. The molecule has 0 saturated heterocycles. The van der Waals surface area contributed by atoms with Crippen molar-refractivity contribution >= 4 is 34.6 Å². The molecule has 1 aromatic heterocycles. The van der Waals surface area contributed by atoms with E-state index in [-0.39, 0.29) is 6.61 Å². The van der Waals surface area contributed by atoms with Crippen LogP contribution in [0.3, 0.4) is 0 Å². The van der Waals surface area contributed by atoms with E-state index in [4.69, 9.17) is 22.1 Å². The molecule has 88 valence electrons. The number of thiophene rings is 1. The van der Waals surface area contributed by atoms with Crippen molar-refractivity contribution in [3.63, 3.8) is 0 Å². The van der Waals surface area contributed by atoms with E-state index in [2.05, 4.69) is 0 Å². The number of para-hydroxylation sites is 1. The molecule has 0 fully saturated rings. The number of hydrogen-bond acceptors (Lipinski definition) is 4. The first-order valence-electron chi connectivity index (χ1n) is 4.92. The van der Waals surface area contributed by atoms with Crippen molar-refractivity contribution in [2.45, 2.75) is 6.61 Å². The number of ether oxygens (including phenoxy) is 1. The van der Waals surface area contributed by atoms with Gasteiger partial charge in [-0.15, -0.1) is 11.3 Å². The van der Waals surface area contributed by atoms with Gasteiger partial charge in [-0.1, -0.05) is 23.7 Å². The highest BCUT2D eigenvalue weighted by Gasteiger charge is 2.10. The number of benzene rings is 1. The molecular formula is C12H10ClNO2S. The third-order valence-electron chi connectivity index (χ3n) is 2.16. The lowest BCUT2D eigenvalue weighted by molar-refractivity contribution is 0.0478. The number of carbonyl (C=O) groups is 1. The van der Waals surface area contributed by atoms with E-state index in [1.807, 2.05) is 6.07 Å². The van der Waals surface area contributed by atoms with Gasteiger partial charge in [-0.05, 0) is 24.3 Å². The molecule has 2 rings (SSSR count). The molecule has 0 bridgehead atoms. The maximum atomic E-state index is 11.7. The van der Waals surface area contributed by atoms with Gasteiger partial charge in [0.05, 0.1) is 9.90 Å². The topological polar surface area (TPSA) is 52.3 Å².